The molecule has 7 heteroatoms. The summed E-state index contributed by atoms with van der Waals surface area (Å²) >= 11 is 0. The quantitative estimate of drug-likeness (QED) is 0.368. The van der Waals surface area contributed by atoms with Crippen LogP contribution in [0.5, 0.6) is 0 Å². The van der Waals surface area contributed by atoms with Gasteiger partial charge in [0.1, 0.15) is 13.2 Å². The molecule has 0 unspecified atom stereocenters. The molecular formula is C29H22N2O5. The predicted molar refractivity (Wildman–Crippen MR) is 135 cm³/mol. The van der Waals surface area contributed by atoms with Crippen LogP contribution in [0.15, 0.2) is 85.4 Å². The Bertz CT molecular complexity index is 1490. The van der Waals surface area contributed by atoms with E-state index in [-0.39, 0.29) is 30.3 Å². The van der Waals surface area contributed by atoms with Crippen molar-refractivity contribution in [3.8, 4) is 11.1 Å². The number of amides is 1. The number of pyridine rings is 1. The van der Waals surface area contributed by atoms with Crippen LogP contribution in [0.2, 0.25) is 0 Å². The summed E-state index contributed by atoms with van der Waals surface area (Å²) in [7, 11) is 1.30. The van der Waals surface area contributed by atoms with E-state index in [1.54, 1.807) is 18.2 Å². The molecule has 0 spiro atoms. The number of carbonyl (C=O) groups excluding carboxylic acids is 3. The topological polar surface area (TPSA) is 85.8 Å². The SMILES string of the molecule is C=C1c2ccccc2C(=O)N1CC(=O)OCc1nc2ccccc2c(-c2ccccc2)c1C(=O)OC. The molecule has 1 aliphatic rings. The third kappa shape index (κ3) is 4.01. The van der Waals surface area contributed by atoms with Crippen LogP contribution in [0.1, 0.15) is 32.0 Å². The maximum Gasteiger partial charge on any atom is 0.340 e. The third-order valence-electron chi connectivity index (χ3n) is 6.12. The van der Waals surface area contributed by atoms with Crippen molar-refractivity contribution in [3.63, 3.8) is 0 Å². The van der Waals surface area contributed by atoms with E-state index in [1.165, 1.54) is 12.0 Å². The van der Waals surface area contributed by atoms with Crippen molar-refractivity contribution in [2.75, 3.05) is 13.7 Å². The van der Waals surface area contributed by atoms with Gasteiger partial charge < -0.3 is 9.47 Å². The maximum atomic E-state index is 12.9. The second-order valence-electron chi connectivity index (χ2n) is 8.23. The van der Waals surface area contributed by atoms with Gasteiger partial charge in [-0.1, -0.05) is 73.3 Å². The Balaban J connectivity index is 1.46. The van der Waals surface area contributed by atoms with E-state index < -0.39 is 11.9 Å². The Morgan fingerprint density at radius 1 is 0.917 bits per heavy atom. The Kier molecular flexibility index (Phi) is 6.04. The molecular weight excluding hydrogens is 456 g/mol. The molecule has 0 atom stereocenters. The molecule has 3 aromatic carbocycles. The predicted octanol–water partition coefficient (Wildman–Crippen LogP) is 4.86. The van der Waals surface area contributed by atoms with Crippen LogP contribution in [-0.4, -0.2) is 41.4 Å². The van der Waals surface area contributed by atoms with E-state index >= 15 is 0 Å². The number of methoxy groups -OCH3 is 1. The van der Waals surface area contributed by atoms with Gasteiger partial charge in [0.05, 0.1) is 23.9 Å². The lowest BCUT2D eigenvalue weighted by molar-refractivity contribution is -0.145. The number of aromatic nitrogens is 1. The second kappa shape index (κ2) is 9.46. The fourth-order valence-corrected chi connectivity index (χ4v) is 4.42. The molecule has 0 bridgehead atoms. The van der Waals surface area contributed by atoms with Crippen molar-refractivity contribution in [1.29, 1.82) is 0 Å². The first kappa shape index (κ1) is 23.0. The monoisotopic (exact) mass is 478 g/mol. The summed E-state index contributed by atoms with van der Waals surface area (Å²) in [6.45, 7) is 3.38. The zero-order valence-corrected chi connectivity index (χ0v) is 19.6. The molecule has 36 heavy (non-hydrogen) atoms. The Morgan fingerprint density at radius 2 is 1.58 bits per heavy atom. The zero-order chi connectivity index (χ0) is 25.2. The Labute approximate surface area is 207 Å². The first-order valence-electron chi connectivity index (χ1n) is 11.3. The average molecular weight is 479 g/mol. The fraction of sp³-hybridized carbons (Fsp3) is 0.103. The van der Waals surface area contributed by atoms with Gasteiger partial charge in [-0.2, -0.15) is 0 Å². The van der Waals surface area contributed by atoms with Crippen LogP contribution < -0.4 is 0 Å². The van der Waals surface area contributed by atoms with Crippen molar-refractivity contribution in [3.05, 3.63) is 108 Å². The van der Waals surface area contributed by atoms with Gasteiger partial charge in [-0.05, 0) is 17.7 Å². The average Bonchev–Trinajstić information content (AvgIpc) is 3.16. The van der Waals surface area contributed by atoms with Crippen LogP contribution in [0.25, 0.3) is 27.7 Å². The van der Waals surface area contributed by atoms with Gasteiger partial charge in [0.2, 0.25) is 0 Å². The summed E-state index contributed by atoms with van der Waals surface area (Å²) in [4.78, 5) is 44.4. The summed E-state index contributed by atoms with van der Waals surface area (Å²) in [6.07, 6.45) is 0. The number of rotatable bonds is 6. The van der Waals surface area contributed by atoms with Crippen LogP contribution in [0, 0.1) is 0 Å². The minimum atomic E-state index is -0.649. The van der Waals surface area contributed by atoms with E-state index in [2.05, 4.69) is 11.6 Å². The summed E-state index contributed by atoms with van der Waals surface area (Å²) in [5.74, 6) is -1.54. The van der Waals surface area contributed by atoms with Crippen molar-refractivity contribution in [1.82, 2.24) is 9.88 Å². The standard InChI is InChI=1S/C29H22N2O5/c1-18-20-12-6-7-13-21(20)28(33)31(18)16-25(32)36-17-24-27(29(34)35-2)26(19-10-4-3-5-11-19)22-14-8-9-15-23(22)30-24/h3-15H,1,16-17H2,2H3. The molecule has 178 valence electrons. The molecule has 5 rings (SSSR count). The van der Waals surface area contributed by atoms with Crippen molar-refractivity contribution in [2.45, 2.75) is 6.61 Å². The van der Waals surface area contributed by atoms with Gasteiger partial charge in [-0.25, -0.2) is 9.78 Å². The molecule has 0 saturated carbocycles. The molecule has 1 aliphatic heterocycles. The largest absolute Gasteiger partial charge is 0.465 e. The van der Waals surface area contributed by atoms with Crippen LogP contribution >= 0.6 is 0 Å². The van der Waals surface area contributed by atoms with Crippen molar-refractivity contribution in [2.24, 2.45) is 0 Å². The lowest BCUT2D eigenvalue weighted by Crippen LogP contribution is -2.30. The lowest BCUT2D eigenvalue weighted by atomic mass is 9.94. The number of carbonyl (C=O) groups is 3. The maximum absolute atomic E-state index is 12.9. The first-order valence-corrected chi connectivity index (χ1v) is 11.3. The fourth-order valence-electron chi connectivity index (χ4n) is 4.42. The molecule has 1 amide bonds. The molecule has 7 nitrogen and oxygen atoms in total. The number of fused-ring (bicyclic) bond motifs is 2. The van der Waals surface area contributed by atoms with Crippen LogP contribution in [0.4, 0.5) is 0 Å². The summed E-state index contributed by atoms with van der Waals surface area (Å²) in [5, 5.41) is 0.774. The number of ether oxygens (including phenoxy) is 2. The highest BCUT2D eigenvalue weighted by Gasteiger charge is 2.32. The van der Waals surface area contributed by atoms with E-state index in [9.17, 15) is 14.4 Å². The smallest absolute Gasteiger partial charge is 0.340 e. The van der Waals surface area contributed by atoms with Crippen molar-refractivity contribution < 1.29 is 23.9 Å². The number of benzene rings is 3. The highest BCUT2D eigenvalue weighted by Crippen LogP contribution is 2.34. The van der Waals surface area contributed by atoms with Gasteiger partial charge in [0, 0.05) is 27.8 Å². The number of hydrogen-bond acceptors (Lipinski definition) is 6. The first-order chi connectivity index (χ1) is 17.5. The van der Waals surface area contributed by atoms with E-state index in [1.807, 2.05) is 60.7 Å². The van der Waals surface area contributed by atoms with Gasteiger partial charge >= 0.3 is 11.9 Å². The number of nitrogens with zero attached hydrogens (tertiary/aromatic N) is 2. The van der Waals surface area contributed by atoms with Crippen molar-refractivity contribution >= 4 is 34.4 Å². The zero-order valence-electron chi connectivity index (χ0n) is 19.6. The van der Waals surface area contributed by atoms with Crippen LogP contribution in [-0.2, 0) is 20.9 Å². The summed E-state index contributed by atoms with van der Waals surface area (Å²) < 4.78 is 10.6. The number of para-hydroxylation sites is 1. The number of esters is 2. The molecule has 2 heterocycles. The molecule has 0 aliphatic carbocycles. The van der Waals surface area contributed by atoms with Gasteiger partial charge in [0.15, 0.2) is 0 Å². The summed E-state index contributed by atoms with van der Waals surface area (Å²) in [5.41, 5.74) is 4.22. The molecule has 0 N–H and O–H groups in total. The normalized spacial score (nSPS) is 12.5. The van der Waals surface area contributed by atoms with Gasteiger partial charge in [0.25, 0.3) is 5.91 Å². The number of hydrogen-bond donors (Lipinski definition) is 0. The molecule has 0 fully saturated rings. The van der Waals surface area contributed by atoms with E-state index in [0.29, 0.717) is 27.9 Å². The second-order valence-corrected chi connectivity index (χ2v) is 8.23. The minimum absolute atomic E-state index is 0.226. The molecule has 0 radical (unpaired) electrons. The van der Waals surface area contributed by atoms with E-state index in [4.69, 9.17) is 9.47 Å². The third-order valence-corrected chi connectivity index (χ3v) is 6.12. The minimum Gasteiger partial charge on any atom is -0.465 e. The molecule has 4 aromatic rings. The van der Waals surface area contributed by atoms with Gasteiger partial charge in [-0.3, -0.25) is 14.5 Å². The van der Waals surface area contributed by atoms with Crippen LogP contribution in [0.3, 0.4) is 0 Å². The Hall–Kier alpha value is -4.78. The summed E-state index contributed by atoms with van der Waals surface area (Å²) in [6, 6.07) is 23.9. The highest BCUT2D eigenvalue weighted by atomic mass is 16.5. The highest BCUT2D eigenvalue weighted by molar-refractivity contribution is 6.10. The molecule has 1 aromatic heterocycles. The van der Waals surface area contributed by atoms with E-state index in [0.717, 1.165) is 10.9 Å². The lowest BCUT2D eigenvalue weighted by Gasteiger charge is -2.18. The Morgan fingerprint density at radius 3 is 2.31 bits per heavy atom. The molecule has 0 saturated heterocycles. The van der Waals surface area contributed by atoms with Gasteiger partial charge in [-0.15, -0.1) is 0 Å².